The van der Waals surface area contributed by atoms with Crippen LogP contribution >= 0.6 is 0 Å². The van der Waals surface area contributed by atoms with Crippen LogP contribution in [0.2, 0.25) is 0 Å². The van der Waals surface area contributed by atoms with Crippen molar-refractivity contribution in [2.45, 2.75) is 0 Å². The van der Waals surface area contributed by atoms with E-state index in [9.17, 15) is 25.2 Å². The largest absolute Gasteiger partial charge is 0.508 e. The van der Waals surface area contributed by atoms with Crippen molar-refractivity contribution in [2.75, 3.05) is 0 Å². The molecule has 1 aliphatic rings. The van der Waals surface area contributed by atoms with E-state index in [1.54, 1.807) is 66.7 Å². The monoisotopic (exact) mass is 498 g/mol. The number of carbonyl (C=O) groups is 1. The van der Waals surface area contributed by atoms with Crippen molar-refractivity contribution in [3.63, 3.8) is 0 Å². The molecule has 0 radical (unpaired) electrons. The van der Waals surface area contributed by atoms with Gasteiger partial charge in [0.2, 0.25) is 0 Å². The Morgan fingerprint density at radius 1 is 0.605 bits per heavy atom. The molecule has 0 aromatic heterocycles. The minimum Gasteiger partial charge on any atom is -0.508 e. The fraction of sp³-hybridized carbons (Fsp3) is 0. The molecule has 0 aliphatic heterocycles. The van der Waals surface area contributed by atoms with E-state index >= 15 is 0 Å². The summed E-state index contributed by atoms with van der Waals surface area (Å²) in [6.45, 7) is 0. The van der Waals surface area contributed by atoms with Crippen molar-refractivity contribution in [3.8, 4) is 46.0 Å². The first-order valence-electron chi connectivity index (χ1n) is 11.8. The van der Waals surface area contributed by atoms with Gasteiger partial charge >= 0.3 is 0 Å². The highest BCUT2D eigenvalue weighted by molar-refractivity contribution is 6.04. The molecule has 4 aromatic carbocycles. The van der Waals surface area contributed by atoms with Crippen LogP contribution in [0.1, 0.15) is 22.3 Å². The number of phenolic OH excluding ortho intramolecular Hbond substituents is 4. The number of benzene rings is 4. The molecule has 184 valence electrons. The molecule has 0 saturated carbocycles. The van der Waals surface area contributed by atoms with Crippen molar-refractivity contribution < 1.29 is 25.2 Å². The number of ketones is 1. The summed E-state index contributed by atoms with van der Waals surface area (Å²) in [6, 6.07) is 23.3. The third kappa shape index (κ3) is 5.06. The van der Waals surface area contributed by atoms with Crippen LogP contribution in [-0.2, 0) is 4.79 Å². The molecule has 0 atom stereocenters. The predicted octanol–water partition coefficient (Wildman–Crippen LogP) is 6.07. The zero-order valence-electron chi connectivity index (χ0n) is 20.1. The van der Waals surface area contributed by atoms with E-state index in [1.807, 2.05) is 18.2 Å². The van der Waals surface area contributed by atoms with Gasteiger partial charge in [0.05, 0.1) is 0 Å². The highest BCUT2D eigenvalue weighted by Gasteiger charge is 2.21. The molecular formula is C33H22O5. The predicted molar refractivity (Wildman–Crippen MR) is 147 cm³/mol. The lowest BCUT2D eigenvalue weighted by molar-refractivity contribution is -0.110. The van der Waals surface area contributed by atoms with Crippen LogP contribution in [0.3, 0.4) is 0 Å². The summed E-state index contributed by atoms with van der Waals surface area (Å²) in [5, 5.41) is 40.3. The molecule has 5 heteroatoms. The minimum absolute atomic E-state index is 0.0650. The fourth-order valence-corrected chi connectivity index (χ4v) is 4.29. The first-order chi connectivity index (χ1) is 18.4. The number of carbonyl (C=O) groups excluding carboxylic acids is 1. The van der Waals surface area contributed by atoms with Crippen LogP contribution in [0.15, 0.2) is 115 Å². The maximum atomic E-state index is 11.9. The van der Waals surface area contributed by atoms with Gasteiger partial charge in [0.1, 0.15) is 23.0 Å². The first-order valence-corrected chi connectivity index (χ1v) is 11.8. The van der Waals surface area contributed by atoms with Crippen LogP contribution in [0.25, 0.3) is 16.7 Å². The summed E-state index contributed by atoms with van der Waals surface area (Å²) in [7, 11) is 0. The maximum absolute atomic E-state index is 11.9. The molecule has 4 aromatic rings. The van der Waals surface area contributed by atoms with Crippen molar-refractivity contribution in [1.82, 2.24) is 0 Å². The zero-order valence-corrected chi connectivity index (χ0v) is 20.1. The Labute approximate surface area is 219 Å². The summed E-state index contributed by atoms with van der Waals surface area (Å²) in [4.78, 5) is 11.9. The van der Waals surface area contributed by atoms with Gasteiger partial charge in [0.25, 0.3) is 0 Å². The van der Waals surface area contributed by atoms with Crippen LogP contribution < -0.4 is 0 Å². The second-order valence-electron chi connectivity index (χ2n) is 8.67. The average molecular weight is 499 g/mol. The van der Waals surface area contributed by atoms with Crippen LogP contribution in [0.4, 0.5) is 0 Å². The van der Waals surface area contributed by atoms with E-state index < -0.39 is 0 Å². The number of hydrogen-bond acceptors (Lipinski definition) is 5. The van der Waals surface area contributed by atoms with Crippen LogP contribution in [0.5, 0.6) is 23.0 Å². The lowest BCUT2D eigenvalue weighted by Crippen LogP contribution is -2.01. The topological polar surface area (TPSA) is 98.0 Å². The van der Waals surface area contributed by atoms with Crippen molar-refractivity contribution in [1.29, 1.82) is 0 Å². The number of hydrogen-bond donors (Lipinski definition) is 4. The minimum atomic E-state index is -0.129. The lowest BCUT2D eigenvalue weighted by atomic mass is 9.83. The molecule has 4 N–H and O–H groups in total. The van der Waals surface area contributed by atoms with Gasteiger partial charge in [-0.15, -0.1) is 0 Å². The summed E-state index contributed by atoms with van der Waals surface area (Å²) >= 11 is 0. The number of rotatable bonds is 3. The normalized spacial score (nSPS) is 12.2. The highest BCUT2D eigenvalue weighted by atomic mass is 16.3. The first kappa shape index (κ1) is 24.2. The van der Waals surface area contributed by atoms with E-state index in [2.05, 4.69) is 11.8 Å². The fourth-order valence-electron chi connectivity index (χ4n) is 4.29. The molecule has 1 aliphatic carbocycles. The van der Waals surface area contributed by atoms with Crippen molar-refractivity contribution in [2.24, 2.45) is 0 Å². The third-order valence-electron chi connectivity index (χ3n) is 6.09. The SMILES string of the molecule is O=C1C=CC(=C(c2ccc(O)cc2)c2c(C#Cc3ccc(O)cc3)cccc2-c2ccc(O)cc2O)C=C1. The third-order valence-corrected chi connectivity index (χ3v) is 6.09. The van der Waals surface area contributed by atoms with Gasteiger partial charge in [-0.1, -0.05) is 48.3 Å². The molecule has 5 nitrogen and oxygen atoms in total. The highest BCUT2D eigenvalue weighted by Crippen LogP contribution is 2.42. The van der Waals surface area contributed by atoms with Crippen molar-refractivity contribution >= 4 is 11.4 Å². The van der Waals surface area contributed by atoms with Crippen LogP contribution in [-0.4, -0.2) is 26.2 Å². The molecule has 0 fully saturated rings. The molecule has 5 rings (SSSR count). The molecular weight excluding hydrogens is 476 g/mol. The number of aromatic hydroxyl groups is 4. The zero-order chi connectivity index (χ0) is 26.6. The van der Waals surface area contributed by atoms with Gasteiger partial charge < -0.3 is 20.4 Å². The molecule has 0 bridgehead atoms. The summed E-state index contributed by atoms with van der Waals surface area (Å²) < 4.78 is 0. The molecule has 0 unspecified atom stereocenters. The van der Waals surface area contributed by atoms with Gasteiger partial charge in [0, 0.05) is 28.3 Å². The maximum Gasteiger partial charge on any atom is 0.178 e. The molecule has 38 heavy (non-hydrogen) atoms. The van der Waals surface area contributed by atoms with E-state index in [0.29, 0.717) is 27.8 Å². The smallest absolute Gasteiger partial charge is 0.178 e. The summed E-state index contributed by atoms with van der Waals surface area (Å²) in [6.07, 6.45) is 6.43. The van der Waals surface area contributed by atoms with Gasteiger partial charge in [0.15, 0.2) is 5.78 Å². The molecule has 0 saturated heterocycles. The average Bonchev–Trinajstić information content (AvgIpc) is 2.91. The van der Waals surface area contributed by atoms with Gasteiger partial charge in [-0.2, -0.15) is 0 Å². The van der Waals surface area contributed by atoms with Crippen molar-refractivity contribution in [3.05, 3.63) is 137 Å². The van der Waals surface area contributed by atoms with Gasteiger partial charge in [-0.25, -0.2) is 0 Å². The van der Waals surface area contributed by atoms with E-state index in [0.717, 1.165) is 16.7 Å². The quantitative estimate of drug-likeness (QED) is 0.257. The van der Waals surface area contributed by atoms with E-state index in [1.165, 1.54) is 24.3 Å². The Morgan fingerprint density at radius 2 is 1.24 bits per heavy atom. The molecule has 0 amide bonds. The van der Waals surface area contributed by atoms with Gasteiger partial charge in [-0.3, -0.25) is 4.79 Å². The summed E-state index contributed by atoms with van der Waals surface area (Å²) in [5.74, 6) is 6.34. The Kier molecular flexibility index (Phi) is 6.54. The van der Waals surface area contributed by atoms with E-state index in [-0.39, 0.29) is 28.8 Å². The number of allylic oxidation sites excluding steroid dienone is 5. The van der Waals surface area contributed by atoms with Crippen LogP contribution in [0, 0.1) is 11.8 Å². The summed E-state index contributed by atoms with van der Waals surface area (Å²) in [5.41, 5.74) is 5.45. The lowest BCUT2D eigenvalue weighted by Gasteiger charge is -2.20. The number of phenols is 4. The Morgan fingerprint density at radius 3 is 1.89 bits per heavy atom. The Hall–Kier alpha value is -5.47. The Balaban J connectivity index is 1.84. The Bertz CT molecular complexity index is 1680. The van der Waals surface area contributed by atoms with E-state index in [4.69, 9.17) is 0 Å². The molecule has 0 spiro atoms. The second-order valence-corrected chi connectivity index (χ2v) is 8.67. The standard InChI is InChI=1S/C33H22O5/c34-25-12-5-21(6-13-25)4-7-22-2-1-3-30(29-19-18-28(37)20-31(29)38)33(22)32(23-8-14-26(35)15-9-23)24-10-16-27(36)17-11-24/h1-3,5-6,8-20,34-35,37-38H. The molecule has 0 heterocycles. The van der Waals surface area contributed by atoms with Gasteiger partial charge in [-0.05, 0) is 89.0 Å². The second kappa shape index (κ2) is 10.3.